The van der Waals surface area contributed by atoms with Crippen LogP contribution in [0.4, 0.5) is 0 Å². The molecular formula is C14H21N3O2S. The van der Waals surface area contributed by atoms with Gasteiger partial charge in [-0.15, -0.1) is 11.3 Å². The summed E-state index contributed by atoms with van der Waals surface area (Å²) in [6.45, 7) is 6.23. The van der Waals surface area contributed by atoms with Crippen LogP contribution < -0.4 is 5.32 Å². The molecule has 1 aromatic heterocycles. The van der Waals surface area contributed by atoms with Crippen molar-refractivity contribution in [1.29, 1.82) is 0 Å². The van der Waals surface area contributed by atoms with Gasteiger partial charge in [0.15, 0.2) is 0 Å². The summed E-state index contributed by atoms with van der Waals surface area (Å²) in [6.07, 6.45) is 3.56. The largest absolute Gasteiger partial charge is 0.340 e. The average Bonchev–Trinajstić information content (AvgIpc) is 2.96. The van der Waals surface area contributed by atoms with Crippen LogP contribution in [0.25, 0.3) is 0 Å². The molecular weight excluding hydrogens is 274 g/mol. The van der Waals surface area contributed by atoms with Gasteiger partial charge in [0.25, 0.3) is 0 Å². The van der Waals surface area contributed by atoms with Gasteiger partial charge in [-0.05, 0) is 19.3 Å². The maximum Gasteiger partial charge on any atom is 0.249 e. The molecule has 2 rings (SSSR count). The Bertz CT molecular complexity index is 483. The van der Waals surface area contributed by atoms with E-state index in [2.05, 4.69) is 10.3 Å². The summed E-state index contributed by atoms with van der Waals surface area (Å²) < 4.78 is 0. The molecule has 5 nitrogen and oxygen atoms in total. The zero-order valence-electron chi connectivity index (χ0n) is 12.2. The summed E-state index contributed by atoms with van der Waals surface area (Å²) in [5, 5.41) is 5.70. The van der Waals surface area contributed by atoms with Crippen LogP contribution in [0.15, 0.2) is 11.6 Å². The van der Waals surface area contributed by atoms with E-state index in [4.69, 9.17) is 0 Å². The van der Waals surface area contributed by atoms with E-state index in [9.17, 15) is 9.59 Å². The van der Waals surface area contributed by atoms with Crippen molar-refractivity contribution in [3.8, 4) is 0 Å². The van der Waals surface area contributed by atoms with Crippen molar-refractivity contribution in [3.05, 3.63) is 16.6 Å². The Kier molecular flexibility index (Phi) is 4.42. The van der Waals surface area contributed by atoms with Crippen LogP contribution in [0.3, 0.4) is 0 Å². The van der Waals surface area contributed by atoms with E-state index < -0.39 is 11.6 Å². The fraction of sp³-hybridized carbons (Fsp3) is 0.643. The first-order valence-electron chi connectivity index (χ1n) is 7.09. The van der Waals surface area contributed by atoms with Gasteiger partial charge < -0.3 is 10.2 Å². The molecule has 1 saturated heterocycles. The second-order valence-electron chi connectivity index (χ2n) is 5.06. The summed E-state index contributed by atoms with van der Waals surface area (Å²) in [5.74, 6) is -0.0310. The molecule has 0 bridgehead atoms. The molecule has 1 N–H and O–H groups in total. The molecule has 0 aliphatic carbocycles. The minimum Gasteiger partial charge on any atom is -0.340 e. The molecule has 0 spiro atoms. The summed E-state index contributed by atoms with van der Waals surface area (Å²) in [4.78, 5) is 31.1. The lowest BCUT2D eigenvalue weighted by Crippen LogP contribution is -2.69. The Hall–Kier alpha value is -1.43. The van der Waals surface area contributed by atoms with Crippen molar-refractivity contribution in [2.24, 2.45) is 0 Å². The van der Waals surface area contributed by atoms with Crippen LogP contribution in [0.1, 0.15) is 45.0 Å². The van der Waals surface area contributed by atoms with Crippen LogP contribution in [-0.2, 0) is 16.1 Å². The van der Waals surface area contributed by atoms with Crippen molar-refractivity contribution < 1.29 is 9.59 Å². The standard InChI is InChI=1S/C14H21N3O2S/c1-4-10-12(18)16-14(5-2,6-3)13(19)17(10)9-11-15-7-8-20-11/h7-8,10H,4-6,9H2,1-3H3,(H,16,18). The van der Waals surface area contributed by atoms with E-state index in [-0.39, 0.29) is 11.8 Å². The minimum absolute atomic E-state index is 0.0177. The van der Waals surface area contributed by atoms with Crippen LogP contribution >= 0.6 is 11.3 Å². The van der Waals surface area contributed by atoms with E-state index in [0.717, 1.165) is 5.01 Å². The molecule has 1 aromatic rings. The van der Waals surface area contributed by atoms with Crippen LogP contribution in [-0.4, -0.2) is 33.3 Å². The molecule has 2 amide bonds. The molecule has 1 aliphatic heterocycles. The van der Waals surface area contributed by atoms with Gasteiger partial charge in [-0.3, -0.25) is 9.59 Å². The van der Waals surface area contributed by atoms with Gasteiger partial charge in [-0.1, -0.05) is 20.8 Å². The Morgan fingerprint density at radius 3 is 2.55 bits per heavy atom. The lowest BCUT2D eigenvalue weighted by atomic mass is 9.86. The SMILES string of the molecule is CCC1C(=O)NC(CC)(CC)C(=O)N1Cc1nccs1. The minimum atomic E-state index is -0.750. The van der Waals surface area contributed by atoms with Crippen molar-refractivity contribution in [1.82, 2.24) is 15.2 Å². The normalized spacial score (nSPS) is 21.9. The third kappa shape index (κ3) is 2.44. The maximum absolute atomic E-state index is 12.8. The number of hydrogen-bond acceptors (Lipinski definition) is 4. The second-order valence-corrected chi connectivity index (χ2v) is 6.04. The van der Waals surface area contributed by atoms with Crippen LogP contribution in [0.2, 0.25) is 0 Å². The van der Waals surface area contributed by atoms with Crippen LogP contribution in [0.5, 0.6) is 0 Å². The number of thiazole rings is 1. The van der Waals surface area contributed by atoms with Gasteiger partial charge in [0.1, 0.15) is 16.6 Å². The predicted octanol–water partition coefficient (Wildman–Crippen LogP) is 1.94. The number of amides is 2. The first-order chi connectivity index (χ1) is 9.57. The van der Waals surface area contributed by atoms with E-state index in [1.165, 1.54) is 11.3 Å². The molecule has 0 saturated carbocycles. The lowest BCUT2D eigenvalue weighted by molar-refractivity contribution is -0.156. The van der Waals surface area contributed by atoms with Crippen molar-refractivity contribution in [2.45, 2.75) is 58.2 Å². The van der Waals surface area contributed by atoms with E-state index in [1.54, 1.807) is 11.1 Å². The van der Waals surface area contributed by atoms with Crippen LogP contribution in [0, 0.1) is 0 Å². The number of nitrogens with zero attached hydrogens (tertiary/aromatic N) is 2. The molecule has 1 aliphatic rings. The van der Waals surface area contributed by atoms with Gasteiger partial charge in [0, 0.05) is 11.6 Å². The Labute approximate surface area is 123 Å². The highest BCUT2D eigenvalue weighted by Gasteiger charge is 2.48. The average molecular weight is 295 g/mol. The van der Waals surface area contributed by atoms with Crippen molar-refractivity contribution in [2.75, 3.05) is 0 Å². The first kappa shape index (κ1) is 15.0. The van der Waals surface area contributed by atoms with Gasteiger partial charge in [0.2, 0.25) is 11.8 Å². The van der Waals surface area contributed by atoms with Gasteiger partial charge in [-0.2, -0.15) is 0 Å². The summed E-state index contributed by atoms with van der Waals surface area (Å²) in [7, 11) is 0. The summed E-state index contributed by atoms with van der Waals surface area (Å²) in [5.41, 5.74) is -0.750. The third-order valence-corrected chi connectivity index (χ3v) is 4.86. The maximum atomic E-state index is 12.8. The number of rotatable bonds is 5. The third-order valence-electron chi connectivity index (χ3n) is 4.09. The predicted molar refractivity (Wildman–Crippen MR) is 78.2 cm³/mol. The van der Waals surface area contributed by atoms with E-state index >= 15 is 0 Å². The molecule has 20 heavy (non-hydrogen) atoms. The highest BCUT2D eigenvalue weighted by Crippen LogP contribution is 2.27. The monoisotopic (exact) mass is 295 g/mol. The topological polar surface area (TPSA) is 62.3 Å². The Morgan fingerprint density at radius 2 is 2.05 bits per heavy atom. The smallest absolute Gasteiger partial charge is 0.249 e. The molecule has 0 radical (unpaired) electrons. The molecule has 1 atom stereocenters. The number of carbonyl (C=O) groups is 2. The van der Waals surface area contributed by atoms with Gasteiger partial charge in [-0.25, -0.2) is 4.98 Å². The lowest BCUT2D eigenvalue weighted by Gasteiger charge is -2.45. The second kappa shape index (κ2) is 5.91. The number of piperazine rings is 1. The van der Waals surface area contributed by atoms with E-state index in [0.29, 0.717) is 25.8 Å². The summed E-state index contributed by atoms with van der Waals surface area (Å²) in [6, 6.07) is -0.391. The van der Waals surface area contributed by atoms with Gasteiger partial charge >= 0.3 is 0 Å². The molecule has 2 heterocycles. The molecule has 0 aromatic carbocycles. The number of aromatic nitrogens is 1. The summed E-state index contributed by atoms with van der Waals surface area (Å²) >= 11 is 1.51. The van der Waals surface area contributed by atoms with Gasteiger partial charge in [0.05, 0.1) is 6.54 Å². The number of nitrogens with one attached hydrogen (secondary N) is 1. The zero-order valence-corrected chi connectivity index (χ0v) is 13.0. The fourth-order valence-corrected chi connectivity index (χ4v) is 3.34. The Balaban J connectivity index is 2.32. The zero-order chi connectivity index (χ0) is 14.8. The van der Waals surface area contributed by atoms with Crippen molar-refractivity contribution >= 4 is 23.2 Å². The Morgan fingerprint density at radius 1 is 1.35 bits per heavy atom. The molecule has 110 valence electrons. The highest BCUT2D eigenvalue weighted by atomic mass is 32.1. The molecule has 1 unspecified atom stereocenters. The quantitative estimate of drug-likeness (QED) is 0.903. The number of hydrogen-bond donors (Lipinski definition) is 1. The van der Waals surface area contributed by atoms with Crippen molar-refractivity contribution in [3.63, 3.8) is 0 Å². The molecule has 6 heteroatoms. The van der Waals surface area contributed by atoms with E-state index in [1.807, 2.05) is 26.2 Å². The number of carbonyl (C=O) groups excluding carboxylic acids is 2. The molecule has 1 fully saturated rings. The fourth-order valence-electron chi connectivity index (χ4n) is 2.72. The highest BCUT2D eigenvalue weighted by molar-refractivity contribution is 7.09. The first-order valence-corrected chi connectivity index (χ1v) is 7.97.